The topological polar surface area (TPSA) is 21.3 Å². The molecule has 1 fully saturated rings. The van der Waals surface area contributed by atoms with Crippen molar-refractivity contribution in [1.29, 1.82) is 0 Å². The van der Waals surface area contributed by atoms with Crippen molar-refractivity contribution in [2.45, 2.75) is 25.4 Å². The molecule has 0 aliphatic heterocycles. The van der Waals surface area contributed by atoms with Crippen LogP contribution in [0.1, 0.15) is 18.4 Å². The number of rotatable bonds is 5. The molecule has 1 N–H and O–H groups in total. The summed E-state index contributed by atoms with van der Waals surface area (Å²) in [5.74, 6) is 1.86. The molecule has 0 unspecified atom stereocenters. The van der Waals surface area contributed by atoms with Gasteiger partial charge in [-0.1, -0.05) is 30.3 Å². The molecule has 0 bridgehead atoms. The molecule has 0 atom stereocenters. The zero-order chi connectivity index (χ0) is 13.1. The van der Waals surface area contributed by atoms with Crippen LogP contribution in [0.15, 0.2) is 48.5 Å². The van der Waals surface area contributed by atoms with Crippen LogP contribution in [0, 0.1) is 3.57 Å². The molecule has 2 nitrogen and oxygen atoms in total. The van der Waals surface area contributed by atoms with Gasteiger partial charge in [0.25, 0.3) is 0 Å². The fourth-order valence-electron chi connectivity index (χ4n) is 1.94. The van der Waals surface area contributed by atoms with Crippen LogP contribution in [0.25, 0.3) is 0 Å². The van der Waals surface area contributed by atoms with Gasteiger partial charge in [-0.25, -0.2) is 0 Å². The standard InChI is InChI=1S/C16H16INO/c17-14-6-2-4-8-16(14)19-15-7-3-1-5-12(15)11-18-13-9-10-13/h1-8,13,18H,9-11H2. The summed E-state index contributed by atoms with van der Waals surface area (Å²) in [4.78, 5) is 0. The summed E-state index contributed by atoms with van der Waals surface area (Å²) in [5, 5.41) is 3.53. The van der Waals surface area contributed by atoms with E-state index in [1.54, 1.807) is 0 Å². The van der Waals surface area contributed by atoms with Crippen molar-refractivity contribution in [3.05, 3.63) is 57.7 Å². The van der Waals surface area contributed by atoms with E-state index in [1.165, 1.54) is 18.4 Å². The number of para-hydroxylation sites is 2. The van der Waals surface area contributed by atoms with E-state index < -0.39 is 0 Å². The molecule has 0 aromatic heterocycles. The molecular formula is C16H16INO. The Kier molecular flexibility index (Phi) is 4.03. The van der Waals surface area contributed by atoms with E-state index in [0.717, 1.165) is 21.6 Å². The summed E-state index contributed by atoms with van der Waals surface area (Å²) in [6, 6.07) is 17.0. The zero-order valence-electron chi connectivity index (χ0n) is 10.6. The Morgan fingerprint density at radius 1 is 1.00 bits per heavy atom. The normalized spacial score (nSPS) is 14.4. The highest BCUT2D eigenvalue weighted by atomic mass is 127. The van der Waals surface area contributed by atoms with Gasteiger partial charge in [0.15, 0.2) is 0 Å². The van der Waals surface area contributed by atoms with Gasteiger partial charge in [0.05, 0.1) is 3.57 Å². The van der Waals surface area contributed by atoms with Crippen molar-refractivity contribution in [2.24, 2.45) is 0 Å². The van der Waals surface area contributed by atoms with E-state index in [-0.39, 0.29) is 0 Å². The number of halogens is 1. The highest BCUT2D eigenvalue weighted by molar-refractivity contribution is 14.1. The van der Waals surface area contributed by atoms with Crippen molar-refractivity contribution >= 4 is 22.6 Å². The van der Waals surface area contributed by atoms with Gasteiger partial charge in [0, 0.05) is 18.2 Å². The lowest BCUT2D eigenvalue weighted by Crippen LogP contribution is -2.15. The molecule has 19 heavy (non-hydrogen) atoms. The number of hydrogen-bond acceptors (Lipinski definition) is 2. The van der Waals surface area contributed by atoms with Gasteiger partial charge in [-0.05, 0) is 53.6 Å². The summed E-state index contributed by atoms with van der Waals surface area (Å²) < 4.78 is 7.18. The first kappa shape index (κ1) is 12.9. The van der Waals surface area contributed by atoms with E-state index in [0.29, 0.717) is 6.04 Å². The third kappa shape index (κ3) is 3.48. The largest absolute Gasteiger partial charge is 0.456 e. The molecule has 2 aromatic carbocycles. The lowest BCUT2D eigenvalue weighted by Gasteiger charge is -2.12. The Morgan fingerprint density at radius 3 is 2.42 bits per heavy atom. The van der Waals surface area contributed by atoms with Crippen LogP contribution in [-0.4, -0.2) is 6.04 Å². The van der Waals surface area contributed by atoms with Gasteiger partial charge in [-0.2, -0.15) is 0 Å². The smallest absolute Gasteiger partial charge is 0.140 e. The number of nitrogens with one attached hydrogen (secondary N) is 1. The SMILES string of the molecule is Ic1ccccc1Oc1ccccc1CNC1CC1. The molecular weight excluding hydrogens is 349 g/mol. The second-order valence-electron chi connectivity index (χ2n) is 4.80. The third-order valence-corrected chi connectivity index (χ3v) is 4.08. The maximum Gasteiger partial charge on any atom is 0.140 e. The van der Waals surface area contributed by atoms with E-state index in [2.05, 4.69) is 46.1 Å². The maximum absolute atomic E-state index is 6.05. The minimum Gasteiger partial charge on any atom is -0.456 e. The molecule has 98 valence electrons. The van der Waals surface area contributed by atoms with Crippen LogP contribution in [0.4, 0.5) is 0 Å². The lowest BCUT2D eigenvalue weighted by molar-refractivity contribution is 0.469. The van der Waals surface area contributed by atoms with Crippen molar-refractivity contribution in [3.63, 3.8) is 0 Å². The van der Waals surface area contributed by atoms with Gasteiger partial charge in [-0.15, -0.1) is 0 Å². The summed E-state index contributed by atoms with van der Waals surface area (Å²) in [7, 11) is 0. The molecule has 1 aliphatic carbocycles. The van der Waals surface area contributed by atoms with Crippen LogP contribution < -0.4 is 10.1 Å². The van der Waals surface area contributed by atoms with Crippen molar-refractivity contribution in [1.82, 2.24) is 5.32 Å². The molecule has 0 saturated heterocycles. The number of ether oxygens (including phenoxy) is 1. The Bertz CT molecular complexity index is 566. The quantitative estimate of drug-likeness (QED) is 0.797. The van der Waals surface area contributed by atoms with Gasteiger partial charge in [0.2, 0.25) is 0 Å². The summed E-state index contributed by atoms with van der Waals surface area (Å²) in [5.41, 5.74) is 1.22. The summed E-state index contributed by atoms with van der Waals surface area (Å²) >= 11 is 2.30. The second-order valence-corrected chi connectivity index (χ2v) is 5.96. The average Bonchev–Trinajstić information content (AvgIpc) is 3.24. The Hall–Kier alpha value is -1.07. The third-order valence-electron chi connectivity index (χ3n) is 3.19. The summed E-state index contributed by atoms with van der Waals surface area (Å²) in [6.07, 6.45) is 2.61. The minimum atomic E-state index is 0.713. The molecule has 1 aliphatic rings. The Morgan fingerprint density at radius 2 is 1.68 bits per heavy atom. The number of hydrogen-bond donors (Lipinski definition) is 1. The molecule has 0 amide bonds. The van der Waals surface area contributed by atoms with Crippen LogP contribution in [0.3, 0.4) is 0 Å². The fourth-order valence-corrected chi connectivity index (χ4v) is 2.43. The summed E-state index contributed by atoms with van der Waals surface area (Å²) in [6.45, 7) is 0.879. The molecule has 2 aromatic rings. The lowest BCUT2D eigenvalue weighted by atomic mass is 10.2. The molecule has 3 heteroatoms. The van der Waals surface area contributed by atoms with Gasteiger partial charge >= 0.3 is 0 Å². The zero-order valence-corrected chi connectivity index (χ0v) is 12.8. The first-order valence-electron chi connectivity index (χ1n) is 6.56. The Labute approximate surface area is 127 Å². The van der Waals surface area contributed by atoms with Crippen LogP contribution in [0.5, 0.6) is 11.5 Å². The molecule has 3 rings (SSSR count). The predicted octanol–water partition coefficient (Wildman–Crippen LogP) is 4.34. The van der Waals surface area contributed by atoms with Crippen LogP contribution >= 0.6 is 22.6 Å². The maximum atomic E-state index is 6.05. The molecule has 0 radical (unpaired) electrons. The van der Waals surface area contributed by atoms with Gasteiger partial charge < -0.3 is 10.1 Å². The second kappa shape index (κ2) is 5.92. The van der Waals surface area contributed by atoms with Gasteiger partial charge in [0.1, 0.15) is 11.5 Å². The van der Waals surface area contributed by atoms with E-state index in [9.17, 15) is 0 Å². The molecule has 0 heterocycles. The van der Waals surface area contributed by atoms with E-state index in [1.807, 2.05) is 30.3 Å². The average molecular weight is 365 g/mol. The van der Waals surface area contributed by atoms with Crippen molar-refractivity contribution in [2.75, 3.05) is 0 Å². The van der Waals surface area contributed by atoms with E-state index in [4.69, 9.17) is 4.74 Å². The van der Waals surface area contributed by atoms with E-state index >= 15 is 0 Å². The highest BCUT2D eigenvalue weighted by Crippen LogP contribution is 2.29. The predicted molar refractivity (Wildman–Crippen MR) is 85.5 cm³/mol. The van der Waals surface area contributed by atoms with Crippen LogP contribution in [0.2, 0.25) is 0 Å². The number of benzene rings is 2. The monoisotopic (exact) mass is 365 g/mol. The van der Waals surface area contributed by atoms with Crippen LogP contribution in [-0.2, 0) is 6.54 Å². The molecule has 0 spiro atoms. The molecule has 1 saturated carbocycles. The van der Waals surface area contributed by atoms with Crippen molar-refractivity contribution in [3.8, 4) is 11.5 Å². The minimum absolute atomic E-state index is 0.713. The van der Waals surface area contributed by atoms with Gasteiger partial charge in [-0.3, -0.25) is 0 Å². The first-order valence-corrected chi connectivity index (χ1v) is 7.64. The highest BCUT2D eigenvalue weighted by Gasteiger charge is 2.20. The Balaban J connectivity index is 1.77. The van der Waals surface area contributed by atoms with Crippen molar-refractivity contribution < 1.29 is 4.74 Å². The first-order chi connectivity index (χ1) is 9.33. The fraction of sp³-hybridized carbons (Fsp3) is 0.250.